The summed E-state index contributed by atoms with van der Waals surface area (Å²) in [4.78, 5) is 24.6. The first kappa shape index (κ1) is 71.6. The van der Waals surface area contributed by atoms with Crippen molar-refractivity contribution >= 4 is 11.9 Å². The van der Waals surface area contributed by atoms with E-state index in [1.54, 1.807) is 0 Å². The Hall–Kier alpha value is -1.40. The van der Waals surface area contributed by atoms with Gasteiger partial charge >= 0.3 is 5.97 Å². The van der Waals surface area contributed by atoms with E-state index in [1.165, 1.54) is 302 Å². The van der Waals surface area contributed by atoms with Crippen LogP contribution in [-0.4, -0.2) is 47.4 Å². The zero-order chi connectivity index (χ0) is 52.9. The second-order valence-electron chi connectivity index (χ2n) is 23.2. The van der Waals surface area contributed by atoms with Crippen molar-refractivity contribution in [3.63, 3.8) is 0 Å². The number of hydrogen-bond acceptors (Lipinski definition) is 5. The predicted molar refractivity (Wildman–Crippen MR) is 320 cm³/mol. The van der Waals surface area contributed by atoms with Crippen LogP contribution in [0.2, 0.25) is 0 Å². The van der Waals surface area contributed by atoms with Gasteiger partial charge in [-0.25, -0.2) is 0 Å². The summed E-state index contributed by atoms with van der Waals surface area (Å²) in [7, 11) is 0. The Morgan fingerprint density at radius 1 is 0.370 bits per heavy atom. The fraction of sp³-hybridized carbons (Fsp3) is 0.940. The second kappa shape index (κ2) is 63.1. The molecule has 0 aromatic carbocycles. The van der Waals surface area contributed by atoms with E-state index >= 15 is 0 Å². The maximum Gasteiger partial charge on any atom is 0.305 e. The normalized spacial score (nSPS) is 12.5. The summed E-state index contributed by atoms with van der Waals surface area (Å²) in [5, 5.41) is 23.4. The number of aliphatic hydroxyl groups excluding tert-OH is 2. The van der Waals surface area contributed by atoms with Crippen LogP contribution in [0.5, 0.6) is 0 Å². The summed E-state index contributed by atoms with van der Waals surface area (Å²) in [5.41, 5.74) is 0. The van der Waals surface area contributed by atoms with Gasteiger partial charge in [0.15, 0.2) is 0 Å². The van der Waals surface area contributed by atoms with Crippen molar-refractivity contribution in [3.05, 3.63) is 12.2 Å². The molecule has 1 amide bonds. The van der Waals surface area contributed by atoms with E-state index in [4.69, 9.17) is 4.74 Å². The molecule has 0 rings (SSSR count). The summed E-state index contributed by atoms with van der Waals surface area (Å²) in [6.45, 7) is 4.97. The molecule has 434 valence electrons. The number of hydrogen-bond donors (Lipinski definition) is 3. The summed E-state index contributed by atoms with van der Waals surface area (Å²) in [6, 6.07) is -0.540. The molecule has 0 fully saturated rings. The van der Waals surface area contributed by atoms with Gasteiger partial charge in [-0.1, -0.05) is 328 Å². The van der Waals surface area contributed by atoms with Crippen LogP contribution >= 0.6 is 0 Å². The van der Waals surface area contributed by atoms with Gasteiger partial charge < -0.3 is 20.3 Å². The van der Waals surface area contributed by atoms with Gasteiger partial charge in [0.05, 0.1) is 25.4 Å². The fourth-order valence-corrected chi connectivity index (χ4v) is 10.7. The summed E-state index contributed by atoms with van der Waals surface area (Å²) in [5.74, 6) is -0.0214. The molecule has 73 heavy (non-hydrogen) atoms. The van der Waals surface area contributed by atoms with Gasteiger partial charge in [-0.05, 0) is 51.4 Å². The quantitative estimate of drug-likeness (QED) is 0.0320. The standard InChI is InChI=1S/C67H131NO5/c1-3-5-7-9-11-13-15-17-18-19-29-32-36-39-43-47-51-55-59-65(70)64(63-69)68-66(71)60-56-52-48-44-40-37-33-30-27-25-23-21-20-22-24-26-28-31-34-38-42-46-50-54-58-62-73-67(72)61-57-53-49-45-41-35-16-14-12-10-8-6-4-2/h14,16,64-65,69-70H,3-13,15,17-63H2,1-2H3,(H,68,71)/b16-14-. The van der Waals surface area contributed by atoms with Gasteiger partial charge in [-0.3, -0.25) is 9.59 Å². The maximum absolute atomic E-state index is 12.5. The van der Waals surface area contributed by atoms with Crippen LogP contribution in [-0.2, 0) is 14.3 Å². The van der Waals surface area contributed by atoms with Gasteiger partial charge in [0.1, 0.15) is 0 Å². The molecule has 0 aliphatic rings. The molecule has 0 saturated heterocycles. The summed E-state index contributed by atoms with van der Waals surface area (Å²) < 4.78 is 5.48. The van der Waals surface area contributed by atoms with Crippen molar-refractivity contribution in [2.45, 2.75) is 392 Å². The van der Waals surface area contributed by atoms with E-state index < -0.39 is 12.1 Å². The number of carbonyl (C=O) groups is 2. The zero-order valence-corrected chi connectivity index (χ0v) is 49.6. The highest BCUT2D eigenvalue weighted by molar-refractivity contribution is 5.76. The number of allylic oxidation sites excluding steroid dienone is 2. The Balaban J connectivity index is 3.36. The lowest BCUT2D eigenvalue weighted by Crippen LogP contribution is -2.45. The van der Waals surface area contributed by atoms with Crippen LogP contribution in [0, 0.1) is 0 Å². The largest absolute Gasteiger partial charge is 0.466 e. The van der Waals surface area contributed by atoms with Crippen LogP contribution in [0.15, 0.2) is 12.2 Å². The molecular weight excluding hydrogens is 899 g/mol. The third-order valence-corrected chi connectivity index (χ3v) is 15.8. The molecule has 2 atom stereocenters. The van der Waals surface area contributed by atoms with E-state index in [9.17, 15) is 19.8 Å². The first-order chi connectivity index (χ1) is 36.0. The number of amides is 1. The number of rotatable bonds is 63. The molecule has 0 heterocycles. The van der Waals surface area contributed by atoms with E-state index in [0.717, 1.165) is 44.9 Å². The van der Waals surface area contributed by atoms with E-state index in [-0.39, 0.29) is 18.5 Å². The first-order valence-electron chi connectivity index (χ1n) is 33.4. The lowest BCUT2D eigenvalue weighted by atomic mass is 10.0. The van der Waals surface area contributed by atoms with Gasteiger partial charge in [-0.15, -0.1) is 0 Å². The lowest BCUT2D eigenvalue weighted by molar-refractivity contribution is -0.143. The van der Waals surface area contributed by atoms with E-state index in [2.05, 4.69) is 31.3 Å². The number of nitrogens with one attached hydrogen (secondary N) is 1. The molecule has 0 aromatic heterocycles. The molecule has 0 spiro atoms. The Morgan fingerprint density at radius 3 is 0.986 bits per heavy atom. The molecule has 2 unspecified atom stereocenters. The average molecular weight is 1030 g/mol. The number of aliphatic hydroxyl groups is 2. The van der Waals surface area contributed by atoms with Crippen LogP contribution in [0.4, 0.5) is 0 Å². The van der Waals surface area contributed by atoms with Crippen LogP contribution in [0.3, 0.4) is 0 Å². The highest BCUT2D eigenvalue weighted by Crippen LogP contribution is 2.19. The molecule has 0 radical (unpaired) electrons. The Labute approximate surface area is 457 Å². The van der Waals surface area contributed by atoms with Crippen molar-refractivity contribution in [1.29, 1.82) is 0 Å². The molecule has 0 saturated carbocycles. The first-order valence-corrected chi connectivity index (χ1v) is 33.4. The molecule has 0 aromatic rings. The SMILES string of the molecule is CCCCCC/C=C\CCCCCCCC(=O)OCCCCCCCCCCCCCCCCCCCCCCCCCCCC(=O)NC(CO)C(O)CCCCCCCCCCCCCCCCCCCC. The Morgan fingerprint density at radius 2 is 0.644 bits per heavy atom. The Bertz CT molecular complexity index is 1100. The molecule has 0 bridgehead atoms. The van der Waals surface area contributed by atoms with Crippen molar-refractivity contribution in [2.75, 3.05) is 13.2 Å². The third-order valence-electron chi connectivity index (χ3n) is 15.8. The third kappa shape index (κ3) is 59.7. The highest BCUT2D eigenvalue weighted by atomic mass is 16.5. The number of esters is 1. The monoisotopic (exact) mass is 1030 g/mol. The zero-order valence-electron chi connectivity index (χ0n) is 49.6. The fourth-order valence-electron chi connectivity index (χ4n) is 10.7. The van der Waals surface area contributed by atoms with E-state index in [1.807, 2.05) is 0 Å². The van der Waals surface area contributed by atoms with Gasteiger partial charge in [0, 0.05) is 12.8 Å². The van der Waals surface area contributed by atoms with Gasteiger partial charge in [0.25, 0.3) is 0 Å². The number of ether oxygens (including phenoxy) is 1. The molecule has 0 aliphatic heterocycles. The van der Waals surface area contributed by atoms with Gasteiger partial charge in [0.2, 0.25) is 5.91 Å². The smallest absolute Gasteiger partial charge is 0.305 e. The van der Waals surface area contributed by atoms with Crippen LogP contribution in [0.25, 0.3) is 0 Å². The molecule has 6 heteroatoms. The molecule has 6 nitrogen and oxygen atoms in total. The highest BCUT2D eigenvalue weighted by Gasteiger charge is 2.20. The number of carbonyl (C=O) groups excluding carboxylic acids is 2. The lowest BCUT2D eigenvalue weighted by Gasteiger charge is -2.22. The molecule has 0 aliphatic carbocycles. The number of unbranched alkanes of at least 4 members (excludes halogenated alkanes) is 50. The van der Waals surface area contributed by atoms with Crippen LogP contribution < -0.4 is 5.32 Å². The van der Waals surface area contributed by atoms with Crippen molar-refractivity contribution in [3.8, 4) is 0 Å². The van der Waals surface area contributed by atoms with Crippen molar-refractivity contribution < 1.29 is 24.5 Å². The van der Waals surface area contributed by atoms with Crippen molar-refractivity contribution in [1.82, 2.24) is 5.32 Å². The van der Waals surface area contributed by atoms with E-state index in [0.29, 0.717) is 25.9 Å². The molecular formula is C67H131NO5. The predicted octanol–water partition coefficient (Wildman–Crippen LogP) is 21.2. The minimum atomic E-state index is -0.663. The van der Waals surface area contributed by atoms with Gasteiger partial charge in [-0.2, -0.15) is 0 Å². The Kier molecular flexibility index (Phi) is 61.9. The molecule has 3 N–H and O–H groups in total. The summed E-state index contributed by atoms with van der Waals surface area (Å²) >= 11 is 0. The second-order valence-corrected chi connectivity index (χ2v) is 23.2. The minimum Gasteiger partial charge on any atom is -0.466 e. The topological polar surface area (TPSA) is 95.9 Å². The maximum atomic E-state index is 12.5. The average Bonchev–Trinajstić information content (AvgIpc) is 3.39. The van der Waals surface area contributed by atoms with Crippen LogP contribution in [0.1, 0.15) is 380 Å². The van der Waals surface area contributed by atoms with Crippen molar-refractivity contribution in [2.24, 2.45) is 0 Å². The summed E-state index contributed by atoms with van der Waals surface area (Å²) in [6.07, 6.45) is 76.7. The minimum absolute atomic E-state index is 0.00799.